The van der Waals surface area contributed by atoms with Gasteiger partial charge in [0.2, 0.25) is 0 Å². The second-order valence-electron chi connectivity index (χ2n) is 4.82. The summed E-state index contributed by atoms with van der Waals surface area (Å²) in [6.45, 7) is 1.80. The molecular weight excluding hydrogens is 292 g/mol. The summed E-state index contributed by atoms with van der Waals surface area (Å²) in [5.74, 6) is 0. The minimum Gasteiger partial charge on any atom is -0.395 e. The standard InChI is InChI=1S/C14H21BrN2O/c1-16-10-11-5-6-14(13(15)9-11)17(7-8-18)12-3-2-4-12/h5-6,9,12,16,18H,2-4,7-8,10H2,1H3. The predicted molar refractivity (Wildman–Crippen MR) is 79.0 cm³/mol. The summed E-state index contributed by atoms with van der Waals surface area (Å²) in [5, 5.41) is 12.4. The largest absolute Gasteiger partial charge is 0.395 e. The fourth-order valence-corrected chi connectivity index (χ4v) is 3.06. The Morgan fingerprint density at radius 1 is 1.44 bits per heavy atom. The number of hydrogen-bond donors (Lipinski definition) is 2. The molecule has 0 spiro atoms. The quantitative estimate of drug-likeness (QED) is 0.847. The number of nitrogens with one attached hydrogen (secondary N) is 1. The minimum absolute atomic E-state index is 0.210. The number of hydrogen-bond acceptors (Lipinski definition) is 3. The zero-order valence-corrected chi connectivity index (χ0v) is 12.4. The van der Waals surface area contributed by atoms with Crippen LogP contribution in [0.25, 0.3) is 0 Å². The van der Waals surface area contributed by atoms with Crippen molar-refractivity contribution in [2.45, 2.75) is 31.8 Å². The summed E-state index contributed by atoms with van der Waals surface area (Å²) in [7, 11) is 1.95. The van der Waals surface area contributed by atoms with Crippen LogP contribution in [0.5, 0.6) is 0 Å². The second-order valence-corrected chi connectivity index (χ2v) is 5.67. The Labute approximate surface area is 117 Å². The van der Waals surface area contributed by atoms with Crippen molar-refractivity contribution in [1.82, 2.24) is 5.32 Å². The van der Waals surface area contributed by atoms with Crippen LogP contribution in [0.2, 0.25) is 0 Å². The lowest BCUT2D eigenvalue weighted by Crippen LogP contribution is -2.42. The van der Waals surface area contributed by atoms with E-state index in [2.05, 4.69) is 44.3 Å². The van der Waals surface area contributed by atoms with Crippen LogP contribution < -0.4 is 10.2 Å². The number of benzene rings is 1. The Balaban J connectivity index is 2.18. The van der Waals surface area contributed by atoms with Gasteiger partial charge < -0.3 is 15.3 Å². The molecule has 0 aromatic heterocycles. The van der Waals surface area contributed by atoms with Crippen molar-refractivity contribution in [3.8, 4) is 0 Å². The van der Waals surface area contributed by atoms with Gasteiger partial charge in [-0.3, -0.25) is 0 Å². The number of halogens is 1. The van der Waals surface area contributed by atoms with E-state index in [0.717, 1.165) is 11.0 Å². The summed E-state index contributed by atoms with van der Waals surface area (Å²) in [5.41, 5.74) is 2.47. The van der Waals surface area contributed by atoms with Crippen LogP contribution in [0.3, 0.4) is 0 Å². The molecule has 0 unspecified atom stereocenters. The third-order valence-corrected chi connectivity index (χ3v) is 4.19. The van der Waals surface area contributed by atoms with Crippen LogP contribution in [0, 0.1) is 0 Å². The van der Waals surface area contributed by atoms with E-state index in [1.54, 1.807) is 0 Å². The first-order valence-electron chi connectivity index (χ1n) is 6.56. The lowest BCUT2D eigenvalue weighted by molar-refractivity contribution is 0.283. The molecule has 2 N–H and O–H groups in total. The van der Waals surface area contributed by atoms with Gasteiger partial charge in [0.15, 0.2) is 0 Å². The van der Waals surface area contributed by atoms with Crippen LogP contribution >= 0.6 is 15.9 Å². The number of aliphatic hydroxyl groups excluding tert-OH is 1. The molecule has 100 valence electrons. The molecule has 0 heterocycles. The first kappa shape index (κ1) is 13.8. The minimum atomic E-state index is 0.210. The maximum Gasteiger partial charge on any atom is 0.0606 e. The lowest BCUT2D eigenvalue weighted by Gasteiger charge is -2.39. The van der Waals surface area contributed by atoms with Gasteiger partial charge in [-0.05, 0) is 59.9 Å². The van der Waals surface area contributed by atoms with Crippen LogP contribution in [-0.4, -0.2) is 31.3 Å². The van der Waals surface area contributed by atoms with Gasteiger partial charge in [0.05, 0.1) is 12.3 Å². The van der Waals surface area contributed by atoms with E-state index in [4.69, 9.17) is 0 Å². The molecule has 0 bridgehead atoms. The van der Waals surface area contributed by atoms with Gasteiger partial charge in [-0.2, -0.15) is 0 Å². The van der Waals surface area contributed by atoms with Gasteiger partial charge in [0, 0.05) is 23.6 Å². The van der Waals surface area contributed by atoms with Crippen molar-refractivity contribution >= 4 is 21.6 Å². The van der Waals surface area contributed by atoms with E-state index in [0.29, 0.717) is 12.6 Å². The maximum absolute atomic E-state index is 9.23. The zero-order chi connectivity index (χ0) is 13.0. The number of anilines is 1. The molecule has 1 fully saturated rings. The van der Waals surface area contributed by atoms with Crippen molar-refractivity contribution in [3.05, 3.63) is 28.2 Å². The highest BCUT2D eigenvalue weighted by atomic mass is 79.9. The van der Waals surface area contributed by atoms with Crippen LogP contribution in [0.1, 0.15) is 24.8 Å². The average molecular weight is 313 g/mol. The summed E-state index contributed by atoms with van der Waals surface area (Å²) < 4.78 is 1.12. The highest BCUT2D eigenvalue weighted by Crippen LogP contribution is 2.34. The lowest BCUT2D eigenvalue weighted by atomic mass is 9.91. The van der Waals surface area contributed by atoms with Crippen LogP contribution in [0.15, 0.2) is 22.7 Å². The van der Waals surface area contributed by atoms with E-state index in [1.165, 1.54) is 30.5 Å². The van der Waals surface area contributed by atoms with Crippen molar-refractivity contribution in [2.24, 2.45) is 0 Å². The Bertz CT molecular complexity index is 393. The molecule has 1 aliphatic carbocycles. The van der Waals surface area contributed by atoms with Crippen molar-refractivity contribution in [1.29, 1.82) is 0 Å². The number of rotatable bonds is 6. The molecular formula is C14H21BrN2O. The third-order valence-electron chi connectivity index (χ3n) is 3.56. The summed E-state index contributed by atoms with van der Waals surface area (Å²) >= 11 is 3.66. The van der Waals surface area contributed by atoms with Crippen molar-refractivity contribution in [2.75, 3.05) is 25.1 Å². The van der Waals surface area contributed by atoms with Crippen molar-refractivity contribution < 1.29 is 5.11 Å². The number of nitrogens with zero attached hydrogens (tertiary/aromatic N) is 1. The van der Waals surface area contributed by atoms with Gasteiger partial charge in [-0.15, -0.1) is 0 Å². The summed E-state index contributed by atoms with van der Waals surface area (Å²) in [6, 6.07) is 7.07. The fraction of sp³-hybridized carbons (Fsp3) is 0.571. The predicted octanol–water partition coefficient (Wildman–Crippen LogP) is 2.52. The fourth-order valence-electron chi connectivity index (χ4n) is 2.40. The average Bonchev–Trinajstić information content (AvgIpc) is 2.27. The van der Waals surface area contributed by atoms with E-state index in [-0.39, 0.29) is 6.61 Å². The molecule has 18 heavy (non-hydrogen) atoms. The highest BCUT2D eigenvalue weighted by molar-refractivity contribution is 9.10. The summed E-state index contributed by atoms with van der Waals surface area (Å²) in [6.07, 6.45) is 3.79. The molecule has 1 saturated carbocycles. The molecule has 0 atom stereocenters. The van der Waals surface area contributed by atoms with Gasteiger partial charge in [-0.25, -0.2) is 0 Å². The smallest absolute Gasteiger partial charge is 0.0606 e. The molecule has 4 heteroatoms. The van der Waals surface area contributed by atoms with Crippen LogP contribution in [0.4, 0.5) is 5.69 Å². The topological polar surface area (TPSA) is 35.5 Å². The Morgan fingerprint density at radius 3 is 2.72 bits per heavy atom. The van der Waals surface area contributed by atoms with E-state index in [1.807, 2.05) is 7.05 Å². The van der Waals surface area contributed by atoms with E-state index in [9.17, 15) is 5.11 Å². The molecule has 0 aliphatic heterocycles. The first-order valence-corrected chi connectivity index (χ1v) is 7.36. The van der Waals surface area contributed by atoms with Gasteiger partial charge in [0.1, 0.15) is 0 Å². The monoisotopic (exact) mass is 312 g/mol. The van der Waals surface area contributed by atoms with Gasteiger partial charge >= 0.3 is 0 Å². The van der Waals surface area contributed by atoms with Gasteiger partial charge in [0.25, 0.3) is 0 Å². The van der Waals surface area contributed by atoms with Crippen LogP contribution in [-0.2, 0) is 6.54 Å². The third kappa shape index (κ3) is 3.05. The Morgan fingerprint density at radius 2 is 2.22 bits per heavy atom. The molecule has 1 aromatic rings. The van der Waals surface area contributed by atoms with Crippen molar-refractivity contribution in [3.63, 3.8) is 0 Å². The normalized spacial score (nSPS) is 15.5. The zero-order valence-electron chi connectivity index (χ0n) is 10.8. The highest BCUT2D eigenvalue weighted by Gasteiger charge is 2.25. The molecule has 2 rings (SSSR count). The summed E-state index contributed by atoms with van der Waals surface area (Å²) in [4.78, 5) is 2.33. The number of aliphatic hydroxyl groups is 1. The van der Waals surface area contributed by atoms with Gasteiger partial charge in [-0.1, -0.05) is 6.07 Å². The second kappa shape index (κ2) is 6.55. The molecule has 0 radical (unpaired) electrons. The Hall–Kier alpha value is -0.580. The van der Waals surface area contributed by atoms with E-state index < -0.39 is 0 Å². The first-order chi connectivity index (χ1) is 8.76. The van der Waals surface area contributed by atoms with E-state index >= 15 is 0 Å². The molecule has 1 aromatic carbocycles. The molecule has 0 saturated heterocycles. The molecule has 1 aliphatic rings. The Kier molecular flexibility index (Phi) is 5.03. The SMILES string of the molecule is CNCc1ccc(N(CCO)C2CCC2)c(Br)c1. The molecule has 3 nitrogen and oxygen atoms in total. The molecule has 0 amide bonds. The maximum atomic E-state index is 9.23.